The molecule has 2 unspecified atom stereocenters. The Morgan fingerprint density at radius 2 is 2.16 bits per heavy atom. The van der Waals surface area contributed by atoms with Crippen LogP contribution in [-0.2, 0) is 9.59 Å². The van der Waals surface area contributed by atoms with Crippen LogP contribution in [0.25, 0.3) is 0 Å². The van der Waals surface area contributed by atoms with Crippen molar-refractivity contribution in [1.82, 2.24) is 15.5 Å². The minimum absolute atomic E-state index is 0.0139. The molecular weight excluding hydrogens is 250 g/mol. The molecule has 0 radical (unpaired) electrons. The van der Waals surface area contributed by atoms with Gasteiger partial charge in [0.1, 0.15) is 5.54 Å². The van der Waals surface area contributed by atoms with Crippen LogP contribution in [0.15, 0.2) is 0 Å². The van der Waals surface area contributed by atoms with Crippen LogP contribution >= 0.6 is 0 Å². The number of nitrogens with one attached hydrogen (secondary N) is 2. The highest BCUT2D eigenvalue weighted by Gasteiger charge is 2.43. The maximum absolute atomic E-state index is 12.2. The van der Waals surface area contributed by atoms with Crippen molar-refractivity contribution in [2.45, 2.75) is 38.3 Å². The van der Waals surface area contributed by atoms with E-state index in [0.717, 1.165) is 12.8 Å². The van der Waals surface area contributed by atoms with Crippen molar-refractivity contribution >= 4 is 17.9 Å². The van der Waals surface area contributed by atoms with Crippen molar-refractivity contribution in [2.24, 2.45) is 5.92 Å². The minimum Gasteiger partial charge on any atom is -0.480 e. The molecule has 2 heterocycles. The van der Waals surface area contributed by atoms with Gasteiger partial charge in [-0.25, -0.2) is 9.59 Å². The van der Waals surface area contributed by atoms with E-state index in [1.807, 2.05) is 0 Å². The molecule has 3 N–H and O–H groups in total. The molecule has 0 aromatic rings. The Hall–Kier alpha value is -1.79. The van der Waals surface area contributed by atoms with Crippen molar-refractivity contribution in [3.05, 3.63) is 0 Å². The molecule has 2 rings (SSSR count). The second kappa shape index (κ2) is 4.71. The number of aliphatic carboxylic acids is 1. The average molecular weight is 269 g/mol. The van der Waals surface area contributed by atoms with Gasteiger partial charge in [-0.15, -0.1) is 0 Å². The van der Waals surface area contributed by atoms with Crippen molar-refractivity contribution in [3.8, 4) is 0 Å². The van der Waals surface area contributed by atoms with E-state index < -0.39 is 17.5 Å². The van der Waals surface area contributed by atoms with Gasteiger partial charge in [-0.05, 0) is 26.7 Å². The topological polar surface area (TPSA) is 98.7 Å². The lowest BCUT2D eigenvalue weighted by molar-refractivity contribution is -0.143. The summed E-state index contributed by atoms with van der Waals surface area (Å²) in [6.07, 6.45) is 1.54. The molecule has 3 amide bonds. The number of nitrogens with zero attached hydrogens (tertiary/aromatic N) is 1. The van der Waals surface area contributed by atoms with Crippen LogP contribution < -0.4 is 10.6 Å². The molecule has 7 heteroatoms. The molecule has 0 saturated carbocycles. The quantitative estimate of drug-likeness (QED) is 0.645. The van der Waals surface area contributed by atoms with E-state index in [-0.39, 0.29) is 17.9 Å². The molecule has 0 spiro atoms. The number of piperidine rings is 1. The zero-order valence-corrected chi connectivity index (χ0v) is 11.1. The Kier molecular flexibility index (Phi) is 3.38. The molecule has 0 aromatic carbocycles. The maximum Gasteiger partial charge on any atom is 0.328 e. The number of hydrogen-bond acceptors (Lipinski definition) is 3. The zero-order valence-electron chi connectivity index (χ0n) is 11.1. The van der Waals surface area contributed by atoms with Gasteiger partial charge in [0.2, 0.25) is 5.91 Å². The fourth-order valence-electron chi connectivity index (χ4n) is 2.60. The van der Waals surface area contributed by atoms with Gasteiger partial charge >= 0.3 is 12.0 Å². The molecule has 2 saturated heterocycles. The third-order valence-corrected chi connectivity index (χ3v) is 3.82. The lowest BCUT2D eigenvalue weighted by Gasteiger charge is -2.37. The standard InChI is InChI=1S/C12H19N3O4/c1-12(2,10(17)18)14-11(19)15-5-3-4-7-8(15)6-13-9(7)16/h7-8H,3-6H2,1-2H3,(H,13,16)(H,14,19)(H,17,18). The first-order chi connectivity index (χ1) is 8.83. The van der Waals surface area contributed by atoms with Crippen LogP contribution in [0.2, 0.25) is 0 Å². The lowest BCUT2D eigenvalue weighted by atomic mass is 9.91. The molecule has 19 heavy (non-hydrogen) atoms. The summed E-state index contributed by atoms with van der Waals surface area (Å²) < 4.78 is 0. The molecular formula is C12H19N3O4. The zero-order chi connectivity index (χ0) is 14.2. The normalized spacial score (nSPS) is 26.6. The van der Waals surface area contributed by atoms with Gasteiger partial charge in [-0.2, -0.15) is 0 Å². The largest absolute Gasteiger partial charge is 0.480 e. The number of carboxylic acid groups (broad SMARTS) is 1. The smallest absolute Gasteiger partial charge is 0.328 e. The van der Waals surface area contributed by atoms with E-state index in [4.69, 9.17) is 5.11 Å². The third-order valence-electron chi connectivity index (χ3n) is 3.82. The van der Waals surface area contributed by atoms with Gasteiger partial charge < -0.3 is 20.6 Å². The number of rotatable bonds is 2. The van der Waals surface area contributed by atoms with Crippen molar-refractivity contribution in [2.75, 3.05) is 13.1 Å². The highest BCUT2D eigenvalue weighted by molar-refractivity contribution is 5.87. The van der Waals surface area contributed by atoms with Crippen LogP contribution in [0.5, 0.6) is 0 Å². The Balaban J connectivity index is 2.07. The van der Waals surface area contributed by atoms with Gasteiger partial charge in [0.25, 0.3) is 0 Å². The molecule has 7 nitrogen and oxygen atoms in total. The Bertz CT molecular complexity index is 421. The molecule has 2 aliphatic heterocycles. The van der Waals surface area contributed by atoms with E-state index in [9.17, 15) is 14.4 Å². The summed E-state index contributed by atoms with van der Waals surface area (Å²) in [5, 5.41) is 14.3. The van der Waals surface area contributed by atoms with E-state index in [0.29, 0.717) is 13.1 Å². The highest BCUT2D eigenvalue weighted by Crippen LogP contribution is 2.27. The molecule has 2 aliphatic rings. The predicted octanol–water partition coefficient (Wildman–Crippen LogP) is -0.230. The van der Waals surface area contributed by atoms with Gasteiger partial charge in [0.15, 0.2) is 0 Å². The Labute approximate surface area is 111 Å². The van der Waals surface area contributed by atoms with Gasteiger partial charge in [-0.3, -0.25) is 4.79 Å². The van der Waals surface area contributed by atoms with Gasteiger partial charge in [0, 0.05) is 13.1 Å². The second-order valence-electron chi connectivity index (χ2n) is 5.61. The number of likely N-dealkylation sites (tertiary alicyclic amines) is 1. The summed E-state index contributed by atoms with van der Waals surface area (Å²) in [5.74, 6) is -1.26. The Morgan fingerprint density at radius 3 is 2.79 bits per heavy atom. The summed E-state index contributed by atoms with van der Waals surface area (Å²) in [4.78, 5) is 36.4. The van der Waals surface area contributed by atoms with E-state index >= 15 is 0 Å². The molecule has 2 fully saturated rings. The lowest BCUT2D eigenvalue weighted by Crippen LogP contribution is -2.58. The maximum atomic E-state index is 12.2. The van der Waals surface area contributed by atoms with E-state index in [1.165, 1.54) is 13.8 Å². The average Bonchev–Trinajstić information content (AvgIpc) is 2.70. The minimum atomic E-state index is -1.32. The summed E-state index contributed by atoms with van der Waals surface area (Å²) in [7, 11) is 0. The molecule has 106 valence electrons. The van der Waals surface area contributed by atoms with Gasteiger partial charge in [0.05, 0.1) is 12.0 Å². The number of carbonyl (C=O) groups excluding carboxylic acids is 2. The summed E-state index contributed by atoms with van der Waals surface area (Å²) in [5.41, 5.74) is -1.32. The van der Waals surface area contributed by atoms with E-state index in [1.54, 1.807) is 4.90 Å². The van der Waals surface area contributed by atoms with Crippen LogP contribution in [-0.4, -0.2) is 52.6 Å². The number of carbonyl (C=O) groups is 3. The van der Waals surface area contributed by atoms with Crippen LogP contribution in [0.4, 0.5) is 4.79 Å². The number of hydrogen-bond donors (Lipinski definition) is 3. The van der Waals surface area contributed by atoms with Crippen molar-refractivity contribution in [3.63, 3.8) is 0 Å². The predicted molar refractivity (Wildman–Crippen MR) is 66.5 cm³/mol. The van der Waals surface area contributed by atoms with Crippen LogP contribution in [0, 0.1) is 5.92 Å². The van der Waals surface area contributed by atoms with E-state index in [2.05, 4.69) is 10.6 Å². The summed E-state index contributed by atoms with van der Waals surface area (Å²) in [6.45, 7) is 3.88. The first-order valence-corrected chi connectivity index (χ1v) is 6.43. The SMILES string of the molecule is CC(C)(NC(=O)N1CCCC2C(=O)NCC21)C(=O)O. The monoisotopic (exact) mass is 269 g/mol. The first kappa shape index (κ1) is 13.6. The number of fused-ring (bicyclic) bond motifs is 1. The fourth-order valence-corrected chi connectivity index (χ4v) is 2.60. The van der Waals surface area contributed by atoms with Crippen molar-refractivity contribution in [1.29, 1.82) is 0 Å². The molecule has 0 aliphatic carbocycles. The molecule has 0 aromatic heterocycles. The summed E-state index contributed by atoms with van der Waals surface area (Å²) in [6, 6.07) is -0.579. The Morgan fingerprint density at radius 1 is 1.47 bits per heavy atom. The molecule has 0 bridgehead atoms. The second-order valence-corrected chi connectivity index (χ2v) is 5.61. The van der Waals surface area contributed by atoms with Crippen LogP contribution in [0.3, 0.4) is 0 Å². The number of amides is 3. The van der Waals surface area contributed by atoms with Gasteiger partial charge in [-0.1, -0.05) is 0 Å². The number of urea groups is 1. The fraction of sp³-hybridized carbons (Fsp3) is 0.750. The summed E-state index contributed by atoms with van der Waals surface area (Å²) >= 11 is 0. The highest BCUT2D eigenvalue weighted by atomic mass is 16.4. The third kappa shape index (κ3) is 2.50. The first-order valence-electron chi connectivity index (χ1n) is 6.43. The van der Waals surface area contributed by atoms with Crippen molar-refractivity contribution < 1.29 is 19.5 Å². The van der Waals surface area contributed by atoms with Crippen LogP contribution in [0.1, 0.15) is 26.7 Å². The number of carboxylic acids is 1. The molecule has 2 atom stereocenters.